The predicted molar refractivity (Wildman–Crippen MR) is 65.3 cm³/mol. The topological polar surface area (TPSA) is 57.2 Å². The molecule has 88 valence electrons. The maximum atomic E-state index is 11.3. The number of H-pyrrole nitrogens is 1. The van der Waals surface area contributed by atoms with E-state index in [-0.39, 0.29) is 5.91 Å². The number of amides is 1. The second-order valence-electron chi connectivity index (χ2n) is 3.73. The van der Waals surface area contributed by atoms with Gasteiger partial charge in [-0.15, -0.1) is 0 Å². The van der Waals surface area contributed by atoms with Crippen LogP contribution in [0.4, 0.5) is 0 Å². The third-order valence-corrected chi connectivity index (χ3v) is 2.27. The molecule has 4 nitrogen and oxygen atoms in total. The van der Waals surface area contributed by atoms with Gasteiger partial charge in [-0.05, 0) is 18.6 Å². The molecule has 0 aliphatic carbocycles. The van der Waals surface area contributed by atoms with Gasteiger partial charge in [-0.25, -0.2) is 5.43 Å². The van der Waals surface area contributed by atoms with Crippen LogP contribution in [0, 0.1) is 0 Å². The third kappa shape index (κ3) is 5.34. The van der Waals surface area contributed by atoms with Crippen molar-refractivity contribution in [2.75, 3.05) is 0 Å². The molecular formula is C12H19N3O. The second kappa shape index (κ2) is 7.68. The lowest BCUT2D eigenvalue weighted by Crippen LogP contribution is -2.16. The van der Waals surface area contributed by atoms with Crippen LogP contribution in [0.15, 0.2) is 23.4 Å². The Morgan fingerprint density at radius 1 is 1.50 bits per heavy atom. The zero-order valence-corrected chi connectivity index (χ0v) is 9.70. The Kier molecular flexibility index (Phi) is 5.99. The molecule has 1 heterocycles. The van der Waals surface area contributed by atoms with E-state index >= 15 is 0 Å². The van der Waals surface area contributed by atoms with Crippen LogP contribution in [0.5, 0.6) is 0 Å². The summed E-state index contributed by atoms with van der Waals surface area (Å²) in [5, 5.41) is 3.86. The van der Waals surface area contributed by atoms with Gasteiger partial charge >= 0.3 is 0 Å². The fourth-order valence-electron chi connectivity index (χ4n) is 1.37. The van der Waals surface area contributed by atoms with E-state index in [0.29, 0.717) is 6.42 Å². The van der Waals surface area contributed by atoms with Gasteiger partial charge in [0.05, 0.1) is 11.9 Å². The minimum absolute atomic E-state index is 0.0149. The Hall–Kier alpha value is -1.58. The van der Waals surface area contributed by atoms with E-state index in [1.54, 1.807) is 6.21 Å². The lowest BCUT2D eigenvalue weighted by Gasteiger charge is -1.98. The quantitative estimate of drug-likeness (QED) is 0.414. The fourth-order valence-corrected chi connectivity index (χ4v) is 1.37. The number of unbranched alkanes of at least 4 members (excludes halogenated alkanes) is 3. The van der Waals surface area contributed by atoms with Gasteiger partial charge in [-0.3, -0.25) is 4.79 Å². The highest BCUT2D eigenvalue weighted by Gasteiger charge is 1.98. The minimum atomic E-state index is -0.0149. The van der Waals surface area contributed by atoms with Gasteiger partial charge in [-0.1, -0.05) is 26.2 Å². The SMILES string of the molecule is CCCCCCC(=O)N/N=C/c1ccc[nH]1. The number of carbonyl (C=O) groups excluding carboxylic acids is 1. The Morgan fingerprint density at radius 3 is 3.06 bits per heavy atom. The molecular weight excluding hydrogens is 202 g/mol. The zero-order valence-electron chi connectivity index (χ0n) is 9.70. The first-order valence-corrected chi connectivity index (χ1v) is 5.78. The number of hydrogen-bond donors (Lipinski definition) is 2. The largest absolute Gasteiger partial charge is 0.360 e. The summed E-state index contributed by atoms with van der Waals surface area (Å²) in [5.74, 6) is -0.0149. The Morgan fingerprint density at radius 2 is 2.38 bits per heavy atom. The third-order valence-electron chi connectivity index (χ3n) is 2.27. The molecule has 0 radical (unpaired) electrons. The molecule has 4 heteroatoms. The first kappa shape index (κ1) is 12.5. The molecule has 1 rings (SSSR count). The Labute approximate surface area is 96.1 Å². The van der Waals surface area contributed by atoms with Gasteiger partial charge < -0.3 is 4.98 Å². The highest BCUT2D eigenvalue weighted by atomic mass is 16.2. The van der Waals surface area contributed by atoms with Crippen LogP contribution in [0.1, 0.15) is 44.7 Å². The maximum Gasteiger partial charge on any atom is 0.240 e. The standard InChI is InChI=1S/C12H19N3O/c1-2-3-4-5-8-12(16)15-14-10-11-7-6-9-13-11/h6-7,9-10,13H,2-5,8H2,1H3,(H,15,16)/b14-10+. The van der Waals surface area contributed by atoms with Crippen LogP contribution in [0.25, 0.3) is 0 Å². The zero-order chi connectivity index (χ0) is 11.6. The second-order valence-corrected chi connectivity index (χ2v) is 3.73. The predicted octanol–water partition coefficient (Wildman–Crippen LogP) is 2.44. The van der Waals surface area contributed by atoms with Crippen molar-refractivity contribution in [3.05, 3.63) is 24.0 Å². The van der Waals surface area contributed by atoms with Crippen LogP contribution in [-0.2, 0) is 4.79 Å². The van der Waals surface area contributed by atoms with E-state index < -0.39 is 0 Å². The Balaban J connectivity index is 2.10. The number of hydrazone groups is 1. The van der Waals surface area contributed by atoms with E-state index in [4.69, 9.17) is 0 Å². The molecule has 2 N–H and O–H groups in total. The summed E-state index contributed by atoms with van der Waals surface area (Å²) >= 11 is 0. The van der Waals surface area contributed by atoms with Crippen molar-refractivity contribution in [3.8, 4) is 0 Å². The molecule has 16 heavy (non-hydrogen) atoms. The van der Waals surface area contributed by atoms with Gasteiger partial charge in [0.2, 0.25) is 5.91 Å². The molecule has 0 atom stereocenters. The molecule has 0 aromatic carbocycles. The summed E-state index contributed by atoms with van der Waals surface area (Å²) < 4.78 is 0. The van der Waals surface area contributed by atoms with E-state index in [9.17, 15) is 4.79 Å². The van der Waals surface area contributed by atoms with Crippen molar-refractivity contribution < 1.29 is 4.79 Å². The summed E-state index contributed by atoms with van der Waals surface area (Å²) in [5.41, 5.74) is 3.39. The molecule has 0 saturated heterocycles. The van der Waals surface area contributed by atoms with E-state index in [2.05, 4.69) is 22.4 Å². The number of aromatic nitrogens is 1. The summed E-state index contributed by atoms with van der Waals surface area (Å²) in [7, 11) is 0. The molecule has 0 spiro atoms. The molecule has 0 unspecified atom stereocenters. The van der Waals surface area contributed by atoms with Crippen LogP contribution >= 0.6 is 0 Å². The molecule has 1 aromatic rings. The first-order chi connectivity index (χ1) is 7.83. The summed E-state index contributed by atoms with van der Waals surface area (Å²) in [6.07, 6.45) is 8.41. The van der Waals surface area contributed by atoms with Crippen molar-refractivity contribution in [1.82, 2.24) is 10.4 Å². The molecule has 0 saturated carbocycles. The van der Waals surface area contributed by atoms with Gasteiger partial charge in [0.15, 0.2) is 0 Å². The van der Waals surface area contributed by atoms with Gasteiger partial charge in [0.25, 0.3) is 0 Å². The van der Waals surface area contributed by atoms with Crippen LogP contribution < -0.4 is 5.43 Å². The monoisotopic (exact) mass is 221 g/mol. The highest BCUT2D eigenvalue weighted by molar-refractivity contribution is 5.80. The number of rotatable bonds is 7. The first-order valence-electron chi connectivity index (χ1n) is 5.78. The van der Waals surface area contributed by atoms with Crippen LogP contribution in [-0.4, -0.2) is 17.1 Å². The normalized spacial score (nSPS) is 10.8. The Bertz CT molecular complexity index is 317. The minimum Gasteiger partial charge on any atom is -0.360 e. The molecule has 0 aliphatic heterocycles. The maximum absolute atomic E-state index is 11.3. The number of nitrogens with zero attached hydrogens (tertiary/aromatic N) is 1. The smallest absolute Gasteiger partial charge is 0.240 e. The summed E-state index contributed by atoms with van der Waals surface area (Å²) in [6, 6.07) is 3.77. The number of aromatic amines is 1. The van der Waals surface area contributed by atoms with Gasteiger partial charge in [-0.2, -0.15) is 5.10 Å². The van der Waals surface area contributed by atoms with Crippen molar-refractivity contribution in [3.63, 3.8) is 0 Å². The lowest BCUT2D eigenvalue weighted by molar-refractivity contribution is -0.121. The van der Waals surface area contributed by atoms with E-state index in [0.717, 1.165) is 18.5 Å². The van der Waals surface area contributed by atoms with Gasteiger partial charge in [0, 0.05) is 12.6 Å². The number of nitrogens with one attached hydrogen (secondary N) is 2. The summed E-state index contributed by atoms with van der Waals surface area (Å²) in [4.78, 5) is 14.3. The van der Waals surface area contributed by atoms with Crippen molar-refractivity contribution in [2.24, 2.45) is 5.10 Å². The van der Waals surface area contributed by atoms with Crippen molar-refractivity contribution in [2.45, 2.75) is 39.0 Å². The molecule has 0 fully saturated rings. The average Bonchev–Trinajstić information content (AvgIpc) is 2.77. The fraction of sp³-hybridized carbons (Fsp3) is 0.500. The van der Waals surface area contributed by atoms with Crippen LogP contribution in [0.3, 0.4) is 0 Å². The molecule has 0 bridgehead atoms. The molecule has 1 aromatic heterocycles. The lowest BCUT2D eigenvalue weighted by atomic mass is 10.1. The summed E-state index contributed by atoms with van der Waals surface area (Å²) in [6.45, 7) is 2.15. The van der Waals surface area contributed by atoms with E-state index in [1.807, 2.05) is 18.3 Å². The average molecular weight is 221 g/mol. The van der Waals surface area contributed by atoms with Crippen molar-refractivity contribution >= 4 is 12.1 Å². The number of carbonyl (C=O) groups is 1. The number of hydrogen-bond acceptors (Lipinski definition) is 2. The highest BCUT2D eigenvalue weighted by Crippen LogP contribution is 2.01. The molecule has 0 aliphatic rings. The van der Waals surface area contributed by atoms with Crippen LogP contribution in [0.2, 0.25) is 0 Å². The molecule has 1 amide bonds. The van der Waals surface area contributed by atoms with Gasteiger partial charge in [0.1, 0.15) is 0 Å². The van der Waals surface area contributed by atoms with E-state index in [1.165, 1.54) is 12.8 Å². The van der Waals surface area contributed by atoms with Crippen molar-refractivity contribution in [1.29, 1.82) is 0 Å².